The summed E-state index contributed by atoms with van der Waals surface area (Å²) in [5, 5.41) is 11.1. The van der Waals surface area contributed by atoms with Crippen LogP contribution in [0.1, 0.15) is 29.7 Å². The van der Waals surface area contributed by atoms with Crippen LogP contribution in [0.25, 0.3) is 5.76 Å². The highest BCUT2D eigenvalue weighted by atomic mass is 16.5. The normalized spacial score (nSPS) is 17.8. The van der Waals surface area contributed by atoms with Crippen LogP contribution in [0.3, 0.4) is 0 Å². The van der Waals surface area contributed by atoms with E-state index in [1.54, 1.807) is 35.2 Å². The van der Waals surface area contributed by atoms with Gasteiger partial charge in [-0.15, -0.1) is 0 Å². The molecule has 0 aliphatic carbocycles. The molecule has 1 atom stereocenters. The number of aliphatic hydroxyl groups excluding tert-OH is 1. The van der Waals surface area contributed by atoms with Gasteiger partial charge in [-0.25, -0.2) is 0 Å². The molecule has 0 spiro atoms. The fourth-order valence-electron chi connectivity index (χ4n) is 3.72. The van der Waals surface area contributed by atoms with Gasteiger partial charge >= 0.3 is 0 Å². The Labute approximate surface area is 189 Å². The second kappa shape index (κ2) is 10.3. The van der Waals surface area contributed by atoms with Crippen molar-refractivity contribution in [3.05, 3.63) is 83.4 Å². The number of ether oxygens (including phenoxy) is 1. The molecule has 1 heterocycles. The first-order valence-electron chi connectivity index (χ1n) is 10.7. The minimum atomic E-state index is -0.669. The number of aliphatic hydroxyl groups is 1. The lowest BCUT2D eigenvalue weighted by Gasteiger charge is -2.26. The van der Waals surface area contributed by atoms with Crippen LogP contribution in [0.4, 0.5) is 0 Å². The Hall–Kier alpha value is -3.38. The van der Waals surface area contributed by atoms with E-state index in [1.807, 2.05) is 43.3 Å². The summed E-state index contributed by atoms with van der Waals surface area (Å²) in [5.41, 5.74) is 2.52. The molecule has 1 amide bonds. The van der Waals surface area contributed by atoms with E-state index in [0.29, 0.717) is 31.0 Å². The van der Waals surface area contributed by atoms with Crippen molar-refractivity contribution in [3.8, 4) is 5.75 Å². The lowest BCUT2D eigenvalue weighted by atomic mass is 9.94. The Morgan fingerprint density at radius 3 is 2.34 bits per heavy atom. The molecular weight excluding hydrogens is 404 g/mol. The van der Waals surface area contributed by atoms with Gasteiger partial charge in [-0.3, -0.25) is 9.59 Å². The van der Waals surface area contributed by atoms with Crippen LogP contribution in [0.2, 0.25) is 0 Å². The summed E-state index contributed by atoms with van der Waals surface area (Å²) < 4.78 is 5.49. The third-order valence-corrected chi connectivity index (χ3v) is 5.53. The maximum Gasteiger partial charge on any atom is 0.295 e. The maximum absolute atomic E-state index is 13.0. The first-order valence-corrected chi connectivity index (χ1v) is 10.7. The van der Waals surface area contributed by atoms with Gasteiger partial charge in [-0.1, -0.05) is 43.8 Å². The number of hydrogen-bond acceptors (Lipinski definition) is 5. The van der Waals surface area contributed by atoms with E-state index < -0.39 is 17.7 Å². The van der Waals surface area contributed by atoms with E-state index >= 15 is 0 Å². The Morgan fingerprint density at radius 1 is 1.12 bits per heavy atom. The average Bonchev–Trinajstić information content (AvgIpc) is 3.06. The lowest BCUT2D eigenvalue weighted by molar-refractivity contribution is -0.140. The van der Waals surface area contributed by atoms with Crippen molar-refractivity contribution in [1.82, 2.24) is 9.80 Å². The molecule has 168 valence electrons. The number of carbonyl (C=O) groups excluding carboxylic acids is 2. The molecule has 6 heteroatoms. The topological polar surface area (TPSA) is 70.1 Å². The van der Waals surface area contributed by atoms with Gasteiger partial charge in [-0.05, 0) is 55.9 Å². The maximum atomic E-state index is 13.0. The van der Waals surface area contributed by atoms with Gasteiger partial charge in [0.1, 0.15) is 18.1 Å². The zero-order valence-electron chi connectivity index (χ0n) is 18.9. The number of rotatable bonds is 9. The van der Waals surface area contributed by atoms with Crippen molar-refractivity contribution < 1.29 is 19.4 Å². The summed E-state index contributed by atoms with van der Waals surface area (Å²) in [5.74, 6) is -0.822. The third-order valence-electron chi connectivity index (χ3n) is 5.53. The predicted molar refractivity (Wildman–Crippen MR) is 126 cm³/mol. The predicted octanol–water partition coefficient (Wildman–Crippen LogP) is 3.80. The molecule has 1 saturated heterocycles. The monoisotopic (exact) mass is 434 g/mol. The minimum Gasteiger partial charge on any atom is -0.507 e. The zero-order valence-corrected chi connectivity index (χ0v) is 18.9. The molecule has 3 rings (SSSR count). The number of benzene rings is 2. The number of likely N-dealkylation sites (tertiary alicyclic amines) is 1. The van der Waals surface area contributed by atoms with Crippen LogP contribution in [0.5, 0.6) is 5.75 Å². The van der Waals surface area contributed by atoms with E-state index in [4.69, 9.17) is 4.74 Å². The molecule has 0 aromatic heterocycles. The van der Waals surface area contributed by atoms with Crippen molar-refractivity contribution in [3.63, 3.8) is 0 Å². The highest BCUT2D eigenvalue weighted by Crippen LogP contribution is 2.39. The van der Waals surface area contributed by atoms with E-state index in [0.717, 1.165) is 17.5 Å². The minimum absolute atomic E-state index is 0.109. The van der Waals surface area contributed by atoms with Gasteiger partial charge in [-0.2, -0.15) is 0 Å². The van der Waals surface area contributed by atoms with Crippen molar-refractivity contribution >= 4 is 17.4 Å². The molecule has 0 unspecified atom stereocenters. The number of amides is 1. The quantitative estimate of drug-likeness (QED) is 0.281. The van der Waals surface area contributed by atoms with Crippen molar-refractivity contribution in [2.75, 3.05) is 33.8 Å². The largest absolute Gasteiger partial charge is 0.507 e. The van der Waals surface area contributed by atoms with Gasteiger partial charge in [0.05, 0.1) is 11.6 Å². The number of hydrogen-bond donors (Lipinski definition) is 1. The van der Waals surface area contributed by atoms with Crippen molar-refractivity contribution in [1.29, 1.82) is 0 Å². The van der Waals surface area contributed by atoms with E-state index in [1.165, 1.54) is 0 Å². The fourth-order valence-corrected chi connectivity index (χ4v) is 3.72. The van der Waals surface area contributed by atoms with Gasteiger partial charge < -0.3 is 19.6 Å². The molecule has 6 nitrogen and oxygen atoms in total. The molecule has 1 aliphatic rings. The molecule has 0 bridgehead atoms. The van der Waals surface area contributed by atoms with Crippen molar-refractivity contribution in [2.45, 2.75) is 19.4 Å². The summed E-state index contributed by atoms with van der Waals surface area (Å²) in [7, 11) is 3.83. The van der Waals surface area contributed by atoms with Crippen LogP contribution in [-0.2, 0) is 16.0 Å². The van der Waals surface area contributed by atoms with Gasteiger partial charge in [0.15, 0.2) is 0 Å². The summed E-state index contributed by atoms with van der Waals surface area (Å²) in [4.78, 5) is 29.5. The Bertz CT molecular complexity index is 1010. The first-order chi connectivity index (χ1) is 15.4. The molecule has 0 saturated carbocycles. The Balaban J connectivity index is 2.05. The smallest absolute Gasteiger partial charge is 0.295 e. The summed E-state index contributed by atoms with van der Waals surface area (Å²) in [6, 6.07) is 14.0. The second-order valence-corrected chi connectivity index (χ2v) is 8.01. The first kappa shape index (κ1) is 23.3. The number of likely N-dealkylation sites (N-methyl/N-ethyl adjacent to an activating group) is 1. The van der Waals surface area contributed by atoms with Crippen LogP contribution >= 0.6 is 0 Å². The van der Waals surface area contributed by atoms with Crippen LogP contribution in [0, 0.1) is 0 Å². The van der Waals surface area contributed by atoms with Crippen LogP contribution in [0.15, 0.2) is 66.8 Å². The third kappa shape index (κ3) is 4.92. The SMILES string of the molecule is C=CCOc1ccc(C(O)=C2C(=O)C(=O)N(CCN(C)C)[C@H]2c2ccc(CC)cc2)cc1. The van der Waals surface area contributed by atoms with Crippen molar-refractivity contribution in [2.24, 2.45) is 0 Å². The molecule has 1 aliphatic heterocycles. The summed E-state index contributed by atoms with van der Waals surface area (Å²) in [6.45, 7) is 7.04. The molecule has 1 fully saturated rings. The summed E-state index contributed by atoms with van der Waals surface area (Å²) in [6.07, 6.45) is 2.54. The fraction of sp³-hybridized carbons (Fsp3) is 0.308. The molecule has 0 radical (unpaired) electrons. The molecule has 2 aromatic rings. The number of aryl methyl sites for hydroxylation is 1. The van der Waals surface area contributed by atoms with Crippen LogP contribution < -0.4 is 4.74 Å². The van der Waals surface area contributed by atoms with Gasteiger partial charge in [0, 0.05) is 18.7 Å². The Kier molecular flexibility index (Phi) is 7.49. The standard InChI is InChI=1S/C26H30N2O4/c1-5-17-32-21-13-11-20(12-14-21)24(29)22-23(19-9-7-18(6-2)8-10-19)28(16-15-27(3)4)26(31)25(22)30/h5,7-14,23,29H,1,6,15-17H2,2-4H3/t23-/m0/s1. The number of Topliss-reactive ketones (excluding diaryl/α,β-unsaturated/α-hetero) is 1. The van der Waals surface area contributed by atoms with Crippen LogP contribution in [-0.4, -0.2) is 60.4 Å². The average molecular weight is 435 g/mol. The Morgan fingerprint density at radius 2 is 1.78 bits per heavy atom. The highest BCUT2D eigenvalue weighted by Gasteiger charge is 2.45. The van der Waals surface area contributed by atoms with Gasteiger partial charge in [0.25, 0.3) is 11.7 Å². The van der Waals surface area contributed by atoms with Gasteiger partial charge in [0.2, 0.25) is 0 Å². The van der Waals surface area contributed by atoms with E-state index in [2.05, 4.69) is 13.5 Å². The van der Waals surface area contributed by atoms with E-state index in [-0.39, 0.29) is 11.3 Å². The molecule has 2 aromatic carbocycles. The summed E-state index contributed by atoms with van der Waals surface area (Å²) >= 11 is 0. The molecule has 32 heavy (non-hydrogen) atoms. The zero-order chi connectivity index (χ0) is 23.3. The highest BCUT2D eigenvalue weighted by molar-refractivity contribution is 6.46. The number of ketones is 1. The molecular formula is C26H30N2O4. The lowest BCUT2D eigenvalue weighted by Crippen LogP contribution is -2.35. The second-order valence-electron chi connectivity index (χ2n) is 8.01. The molecule has 1 N–H and O–H groups in total. The number of nitrogens with zero attached hydrogens (tertiary/aromatic N) is 2. The van der Waals surface area contributed by atoms with E-state index in [9.17, 15) is 14.7 Å². The number of carbonyl (C=O) groups is 2.